The molecule has 196 valence electrons. The van der Waals surface area contributed by atoms with Crippen LogP contribution in [0.15, 0.2) is 65.6 Å². The largest absolute Gasteiger partial charge is 0.417 e. The van der Waals surface area contributed by atoms with Gasteiger partial charge in [0, 0.05) is 34.1 Å². The van der Waals surface area contributed by atoms with Gasteiger partial charge in [-0.15, -0.1) is 11.8 Å². The number of halogens is 5. The second kappa shape index (κ2) is 10.8. The van der Waals surface area contributed by atoms with E-state index in [4.69, 9.17) is 27.9 Å². The van der Waals surface area contributed by atoms with Crippen molar-refractivity contribution < 1.29 is 27.9 Å². The van der Waals surface area contributed by atoms with Gasteiger partial charge in [0.25, 0.3) is 0 Å². The molecule has 9 heteroatoms. The van der Waals surface area contributed by atoms with E-state index in [0.29, 0.717) is 37.6 Å². The molecule has 1 saturated heterocycles. The Hall–Kier alpha value is -1.74. The van der Waals surface area contributed by atoms with Gasteiger partial charge in [0.1, 0.15) is 18.2 Å². The number of aliphatic hydroxyl groups is 1. The third-order valence-electron chi connectivity index (χ3n) is 7.31. The fraction of sp³-hybridized carbons (Fsp3) is 0.357. The van der Waals surface area contributed by atoms with Crippen molar-refractivity contribution in [3.63, 3.8) is 0 Å². The first-order valence-corrected chi connectivity index (χ1v) is 13.9. The Labute approximate surface area is 228 Å². The molecular formula is C28H27Cl2F3NO2S+. The first-order chi connectivity index (χ1) is 17.6. The van der Waals surface area contributed by atoms with Gasteiger partial charge in [0.15, 0.2) is 0 Å². The molecule has 5 rings (SSSR count). The van der Waals surface area contributed by atoms with Gasteiger partial charge in [-0.3, -0.25) is 0 Å². The minimum absolute atomic E-state index is 0.226. The molecule has 3 nitrogen and oxygen atoms in total. The number of thioether (sulfide) groups is 1. The van der Waals surface area contributed by atoms with E-state index in [0.717, 1.165) is 34.4 Å². The van der Waals surface area contributed by atoms with Crippen LogP contribution in [0.2, 0.25) is 10.0 Å². The van der Waals surface area contributed by atoms with Crippen LogP contribution in [-0.4, -0.2) is 31.3 Å². The molecule has 0 spiro atoms. The van der Waals surface area contributed by atoms with Gasteiger partial charge in [-0.2, -0.15) is 13.2 Å². The molecule has 0 aliphatic carbocycles. The van der Waals surface area contributed by atoms with Gasteiger partial charge >= 0.3 is 6.18 Å². The lowest BCUT2D eigenvalue weighted by Gasteiger charge is -2.36. The van der Waals surface area contributed by atoms with Crippen molar-refractivity contribution in [1.82, 2.24) is 0 Å². The van der Waals surface area contributed by atoms with Crippen LogP contribution in [0, 0.1) is 0 Å². The SMILES string of the molecule is OC1(c2ccc(Cl)c(C(F)(F)F)c2)CC[NH+](CCO[C@@H]2c3ccccc3CSc3ccc(Cl)cc32)CC1. The van der Waals surface area contributed by atoms with Crippen molar-refractivity contribution >= 4 is 35.0 Å². The monoisotopic (exact) mass is 568 g/mol. The van der Waals surface area contributed by atoms with Crippen LogP contribution in [0.5, 0.6) is 0 Å². The summed E-state index contributed by atoms with van der Waals surface area (Å²) in [6.07, 6.45) is -4.06. The Morgan fingerprint density at radius 3 is 2.51 bits per heavy atom. The number of alkyl halides is 3. The van der Waals surface area contributed by atoms with Gasteiger partial charge in [-0.05, 0) is 47.0 Å². The minimum atomic E-state index is -4.56. The molecule has 0 saturated carbocycles. The summed E-state index contributed by atoms with van der Waals surface area (Å²) in [4.78, 5) is 2.40. The summed E-state index contributed by atoms with van der Waals surface area (Å²) >= 11 is 13.9. The summed E-state index contributed by atoms with van der Waals surface area (Å²) < 4.78 is 46.4. The summed E-state index contributed by atoms with van der Waals surface area (Å²) in [5, 5.41) is 11.5. The molecule has 2 heterocycles. The highest BCUT2D eigenvalue weighted by Gasteiger charge is 2.39. The number of piperidine rings is 1. The number of likely N-dealkylation sites (tertiary alicyclic amines) is 1. The number of fused-ring (bicyclic) bond motifs is 2. The second-order valence-corrected chi connectivity index (χ2v) is 11.5. The standard InChI is InChI=1S/C28H26Cl2F3NO2S/c29-20-6-8-25-22(16-20)26(21-4-2-1-3-18(21)17-37-25)36-14-13-34-11-9-27(35,10-12-34)19-5-7-24(30)23(15-19)28(31,32)33/h1-8,15-16,26,35H,9-14,17H2/p+1/t26-/m1/s1. The predicted octanol–water partition coefficient (Wildman–Crippen LogP) is 6.29. The van der Waals surface area contributed by atoms with E-state index >= 15 is 0 Å². The number of rotatable bonds is 5. The molecule has 2 aliphatic heterocycles. The maximum absolute atomic E-state index is 13.3. The van der Waals surface area contributed by atoms with Crippen molar-refractivity contribution in [3.05, 3.63) is 98.5 Å². The van der Waals surface area contributed by atoms with Crippen LogP contribution >= 0.6 is 35.0 Å². The third-order valence-corrected chi connectivity index (χ3v) is 9.01. The van der Waals surface area contributed by atoms with Crippen molar-refractivity contribution in [2.24, 2.45) is 0 Å². The van der Waals surface area contributed by atoms with Crippen molar-refractivity contribution in [2.75, 3.05) is 26.2 Å². The van der Waals surface area contributed by atoms with E-state index in [1.54, 1.807) is 11.8 Å². The van der Waals surface area contributed by atoms with Crippen molar-refractivity contribution in [2.45, 2.75) is 41.4 Å². The van der Waals surface area contributed by atoms with Gasteiger partial charge < -0.3 is 14.7 Å². The molecule has 0 radical (unpaired) electrons. The highest BCUT2D eigenvalue weighted by Crippen LogP contribution is 2.42. The van der Waals surface area contributed by atoms with E-state index < -0.39 is 17.3 Å². The Bertz CT molecular complexity index is 1280. The Morgan fingerprint density at radius 2 is 1.76 bits per heavy atom. The maximum atomic E-state index is 13.3. The number of nitrogens with one attached hydrogen (secondary N) is 1. The molecular weight excluding hydrogens is 542 g/mol. The van der Waals surface area contributed by atoms with Crippen molar-refractivity contribution in [1.29, 1.82) is 0 Å². The summed E-state index contributed by atoms with van der Waals surface area (Å²) in [7, 11) is 0. The molecule has 0 amide bonds. The molecule has 1 fully saturated rings. The summed E-state index contributed by atoms with van der Waals surface area (Å²) in [5.74, 6) is 0.862. The average molecular weight is 569 g/mol. The second-order valence-electron chi connectivity index (χ2n) is 9.64. The fourth-order valence-electron chi connectivity index (χ4n) is 5.19. The normalized spacial score (nSPS) is 23.7. The summed E-state index contributed by atoms with van der Waals surface area (Å²) in [6.45, 7) is 2.49. The maximum Gasteiger partial charge on any atom is 0.417 e. The van der Waals surface area contributed by atoms with E-state index in [9.17, 15) is 18.3 Å². The average Bonchev–Trinajstić information content (AvgIpc) is 3.01. The molecule has 37 heavy (non-hydrogen) atoms. The highest BCUT2D eigenvalue weighted by molar-refractivity contribution is 7.98. The highest BCUT2D eigenvalue weighted by atomic mass is 35.5. The van der Waals surface area contributed by atoms with Gasteiger partial charge in [-0.1, -0.05) is 53.5 Å². The topological polar surface area (TPSA) is 33.9 Å². The molecule has 1 atom stereocenters. The zero-order valence-corrected chi connectivity index (χ0v) is 22.3. The lowest BCUT2D eigenvalue weighted by molar-refractivity contribution is -0.908. The first kappa shape index (κ1) is 26.9. The van der Waals surface area contributed by atoms with Crippen LogP contribution in [0.3, 0.4) is 0 Å². The zero-order chi connectivity index (χ0) is 26.2. The molecule has 0 aromatic heterocycles. The Kier molecular flexibility index (Phi) is 7.83. The Morgan fingerprint density at radius 1 is 1.00 bits per heavy atom. The molecule has 0 bridgehead atoms. The van der Waals surface area contributed by atoms with E-state index in [-0.39, 0.29) is 16.7 Å². The molecule has 2 aliphatic rings. The van der Waals surface area contributed by atoms with Crippen LogP contribution in [0.25, 0.3) is 0 Å². The summed E-state index contributed by atoms with van der Waals surface area (Å²) in [5.41, 5.74) is 1.49. The molecule has 0 unspecified atom stereocenters. The number of benzene rings is 3. The van der Waals surface area contributed by atoms with E-state index in [1.807, 2.05) is 30.3 Å². The number of hydrogen-bond donors (Lipinski definition) is 2. The van der Waals surface area contributed by atoms with E-state index in [2.05, 4.69) is 12.1 Å². The van der Waals surface area contributed by atoms with Gasteiger partial charge in [0.05, 0.1) is 30.3 Å². The molecule has 3 aromatic carbocycles. The van der Waals surface area contributed by atoms with Crippen LogP contribution < -0.4 is 4.90 Å². The molecule has 2 N–H and O–H groups in total. The van der Waals surface area contributed by atoms with Crippen LogP contribution in [-0.2, 0) is 22.3 Å². The lowest BCUT2D eigenvalue weighted by atomic mass is 9.83. The van der Waals surface area contributed by atoms with E-state index in [1.165, 1.54) is 22.6 Å². The number of hydrogen-bond acceptors (Lipinski definition) is 3. The number of ether oxygens (including phenoxy) is 1. The number of quaternary nitrogens is 1. The van der Waals surface area contributed by atoms with Gasteiger partial charge in [0.2, 0.25) is 0 Å². The molecule has 3 aromatic rings. The zero-order valence-electron chi connectivity index (χ0n) is 20.0. The predicted molar refractivity (Wildman–Crippen MR) is 140 cm³/mol. The van der Waals surface area contributed by atoms with Crippen LogP contribution in [0.1, 0.15) is 46.8 Å². The minimum Gasteiger partial charge on any atom is -0.385 e. The summed E-state index contributed by atoms with van der Waals surface area (Å²) in [6, 6.07) is 17.9. The van der Waals surface area contributed by atoms with Crippen molar-refractivity contribution in [3.8, 4) is 0 Å². The van der Waals surface area contributed by atoms with Crippen LogP contribution in [0.4, 0.5) is 13.2 Å². The lowest BCUT2D eigenvalue weighted by Crippen LogP contribution is -3.14. The quantitative estimate of drug-likeness (QED) is 0.379. The Balaban J connectivity index is 1.24. The van der Waals surface area contributed by atoms with Gasteiger partial charge in [-0.25, -0.2) is 0 Å². The third kappa shape index (κ3) is 5.82. The fourth-order valence-corrected chi connectivity index (χ4v) is 6.66. The first-order valence-electron chi connectivity index (χ1n) is 12.2. The smallest absolute Gasteiger partial charge is 0.385 e.